The second-order valence-electron chi connectivity index (χ2n) is 6.76. The van der Waals surface area contributed by atoms with Crippen LogP contribution in [0.15, 0.2) is 90.0 Å². The summed E-state index contributed by atoms with van der Waals surface area (Å²) in [6.45, 7) is 0.718. The summed E-state index contributed by atoms with van der Waals surface area (Å²) in [6, 6.07) is 28.1. The van der Waals surface area contributed by atoms with Crippen LogP contribution in [0.25, 0.3) is 0 Å². The Hall–Kier alpha value is -2.83. The molecule has 3 N–H and O–H groups in total. The van der Waals surface area contributed by atoms with Crippen molar-refractivity contribution in [2.24, 2.45) is 5.10 Å². The molecular weight excluding hydrogens is 338 g/mol. The highest BCUT2D eigenvalue weighted by Crippen LogP contribution is 2.21. The quantitative estimate of drug-likeness (QED) is 0.610. The molecule has 0 fully saturated rings. The zero-order valence-electron chi connectivity index (χ0n) is 14.9. The van der Waals surface area contributed by atoms with Gasteiger partial charge in [0.15, 0.2) is 5.69 Å². The van der Waals surface area contributed by atoms with Gasteiger partial charge >= 0.3 is 0 Å². The Labute approximate surface area is 158 Å². The van der Waals surface area contributed by atoms with Crippen molar-refractivity contribution in [1.82, 2.24) is 0 Å². The lowest BCUT2D eigenvalue weighted by Gasteiger charge is -2.18. The van der Waals surface area contributed by atoms with Gasteiger partial charge in [0.25, 0.3) is 0 Å². The Morgan fingerprint density at radius 1 is 0.926 bits per heavy atom. The van der Waals surface area contributed by atoms with Crippen LogP contribution in [0.5, 0.6) is 0 Å². The first-order valence-corrected chi connectivity index (χ1v) is 9.06. The monoisotopic (exact) mass is 360 g/mol. The van der Waals surface area contributed by atoms with E-state index in [0.29, 0.717) is 5.69 Å². The summed E-state index contributed by atoms with van der Waals surface area (Å²) in [4.78, 5) is 0. The fourth-order valence-corrected chi connectivity index (χ4v) is 3.55. The summed E-state index contributed by atoms with van der Waals surface area (Å²) < 4.78 is 0. The highest BCUT2D eigenvalue weighted by Gasteiger charge is 2.33. The summed E-state index contributed by atoms with van der Waals surface area (Å²) in [6.07, 6.45) is 0.885. The van der Waals surface area contributed by atoms with Crippen LogP contribution in [-0.4, -0.2) is 10.9 Å². The molecule has 3 aromatic rings. The van der Waals surface area contributed by atoms with Crippen molar-refractivity contribution < 1.29 is 15.4 Å². The Bertz CT molecular complexity index is 909. The third-order valence-corrected chi connectivity index (χ3v) is 4.97. The van der Waals surface area contributed by atoms with E-state index >= 15 is 0 Å². The zero-order chi connectivity index (χ0) is 18.6. The maximum absolute atomic E-state index is 11.1. The molecule has 0 radical (unpaired) electrons. The predicted molar refractivity (Wildman–Crippen MR) is 104 cm³/mol. The molecule has 0 bridgehead atoms. The van der Waals surface area contributed by atoms with Crippen LogP contribution in [0.2, 0.25) is 0 Å². The van der Waals surface area contributed by atoms with E-state index in [0.717, 1.165) is 34.8 Å². The molecule has 136 valence electrons. The Kier molecular flexibility index (Phi) is 5.09. The second kappa shape index (κ2) is 7.82. The lowest BCUT2D eigenvalue weighted by molar-refractivity contribution is -0.991. The number of nitrogens with zero attached hydrogens (tertiary/aromatic N) is 1. The Morgan fingerprint density at radius 3 is 2.19 bits per heavy atom. The minimum absolute atomic E-state index is 0.251. The second-order valence-corrected chi connectivity index (χ2v) is 6.76. The highest BCUT2D eigenvalue weighted by atomic mass is 16.8. The highest BCUT2D eigenvalue weighted by molar-refractivity contribution is 6.01. The van der Waals surface area contributed by atoms with Crippen LogP contribution >= 0.6 is 0 Å². The molecular formula is C22H22N3O2+. The van der Waals surface area contributed by atoms with Crippen LogP contribution in [0.1, 0.15) is 29.2 Å². The molecule has 0 spiro atoms. The Morgan fingerprint density at radius 2 is 1.56 bits per heavy atom. The van der Waals surface area contributed by atoms with E-state index in [-0.39, 0.29) is 6.04 Å². The van der Waals surface area contributed by atoms with Gasteiger partial charge in [0.1, 0.15) is 18.3 Å². The molecule has 1 aliphatic rings. The van der Waals surface area contributed by atoms with Gasteiger partial charge in [0.2, 0.25) is 0 Å². The fraction of sp³-hybridized carbons (Fsp3) is 0.136. The van der Waals surface area contributed by atoms with Gasteiger partial charge in [-0.3, -0.25) is 0 Å². The van der Waals surface area contributed by atoms with Crippen LogP contribution in [-0.2, 0) is 6.54 Å². The van der Waals surface area contributed by atoms with E-state index in [1.54, 1.807) is 12.1 Å². The maximum Gasteiger partial charge on any atom is 0.163 e. The number of benzene rings is 3. The summed E-state index contributed by atoms with van der Waals surface area (Å²) in [7, 11) is 0. The molecule has 3 unspecified atom stereocenters. The van der Waals surface area contributed by atoms with Crippen molar-refractivity contribution in [1.29, 1.82) is 0 Å². The third-order valence-electron chi connectivity index (χ3n) is 4.97. The number of hydrogen-bond donors (Lipinski definition) is 3. The molecule has 0 aromatic heterocycles. The van der Waals surface area contributed by atoms with Gasteiger partial charge in [-0.2, -0.15) is 10.2 Å². The lowest BCUT2D eigenvalue weighted by Crippen LogP contribution is -3.05. The maximum atomic E-state index is 11.1. The van der Waals surface area contributed by atoms with Crippen molar-refractivity contribution in [3.8, 4) is 0 Å². The molecule has 1 heterocycles. The average molecular weight is 360 g/mol. The largest absolute Gasteiger partial charge is 0.595 e. The van der Waals surface area contributed by atoms with Crippen LogP contribution < -0.4 is 10.2 Å². The molecule has 5 heteroatoms. The normalized spacial score (nSPS) is 20.3. The van der Waals surface area contributed by atoms with Crippen molar-refractivity contribution in [3.05, 3.63) is 107 Å². The molecule has 5 nitrogen and oxygen atoms in total. The molecule has 4 rings (SSSR count). The van der Waals surface area contributed by atoms with E-state index in [1.165, 1.54) is 5.56 Å². The molecule has 1 aliphatic heterocycles. The zero-order valence-corrected chi connectivity index (χ0v) is 14.9. The van der Waals surface area contributed by atoms with E-state index in [2.05, 4.69) is 36.4 Å². The van der Waals surface area contributed by atoms with Crippen LogP contribution in [0, 0.1) is 5.21 Å². The van der Waals surface area contributed by atoms with E-state index in [1.807, 2.05) is 36.4 Å². The van der Waals surface area contributed by atoms with Gasteiger partial charge in [-0.05, 0) is 12.1 Å². The van der Waals surface area contributed by atoms with Crippen LogP contribution in [0.4, 0.5) is 5.69 Å². The predicted octanol–water partition coefficient (Wildman–Crippen LogP) is 2.02. The first kappa shape index (κ1) is 17.6. The first-order valence-electron chi connectivity index (χ1n) is 9.06. The molecule has 3 aromatic carbocycles. The third kappa shape index (κ3) is 3.97. The van der Waals surface area contributed by atoms with E-state index in [4.69, 9.17) is 10.3 Å². The lowest BCUT2D eigenvalue weighted by atomic mass is 9.98. The summed E-state index contributed by atoms with van der Waals surface area (Å²) in [5.74, 6) is 0. The minimum atomic E-state index is -0.901. The summed E-state index contributed by atoms with van der Waals surface area (Å²) in [5.41, 5.74) is 4.93. The van der Waals surface area contributed by atoms with Crippen molar-refractivity contribution in [3.63, 3.8) is 0 Å². The minimum Gasteiger partial charge on any atom is -0.595 e. The van der Waals surface area contributed by atoms with Crippen molar-refractivity contribution in [2.45, 2.75) is 19.0 Å². The van der Waals surface area contributed by atoms with Gasteiger partial charge in [-0.1, -0.05) is 65.8 Å². The molecule has 0 saturated heterocycles. The number of quaternary nitrogens is 2. The fourth-order valence-electron chi connectivity index (χ4n) is 3.55. The van der Waals surface area contributed by atoms with Crippen molar-refractivity contribution >= 4 is 11.4 Å². The van der Waals surface area contributed by atoms with E-state index in [9.17, 15) is 5.21 Å². The molecule has 0 saturated carbocycles. The molecule has 0 amide bonds. The van der Waals surface area contributed by atoms with Gasteiger partial charge in [-0.15, -0.1) is 0 Å². The van der Waals surface area contributed by atoms with Gasteiger partial charge in [0.05, 0.1) is 6.42 Å². The standard InChI is InChI=1S/C22H21N3O2/c26-25(27)20-13-11-17(12-14-20)16-24-22(19-9-5-2-6-10-19)15-21(23-24)18-7-3-1-4-8-18/h1-14,22,25-26H,15-16H2/p+1. The van der Waals surface area contributed by atoms with Gasteiger partial charge in [-0.25, -0.2) is 5.21 Å². The van der Waals surface area contributed by atoms with Gasteiger partial charge < -0.3 is 5.21 Å². The van der Waals surface area contributed by atoms with Crippen molar-refractivity contribution in [2.75, 3.05) is 0 Å². The van der Waals surface area contributed by atoms with Gasteiger partial charge in [0, 0.05) is 28.8 Å². The molecule has 3 atom stereocenters. The Balaban J connectivity index is 1.62. The first-order chi connectivity index (χ1) is 13.2. The molecule has 0 aliphatic carbocycles. The summed E-state index contributed by atoms with van der Waals surface area (Å²) in [5, 5.41) is 25.4. The summed E-state index contributed by atoms with van der Waals surface area (Å²) >= 11 is 0. The number of nitrogens with one attached hydrogen (secondary N) is 2. The molecule has 27 heavy (non-hydrogen) atoms. The number of hydrogen-bond acceptors (Lipinski definition) is 3. The van der Waals surface area contributed by atoms with Crippen LogP contribution in [0.3, 0.4) is 0 Å². The number of rotatable bonds is 5. The average Bonchev–Trinajstić information content (AvgIpc) is 3.13. The van der Waals surface area contributed by atoms with E-state index < -0.39 is 5.23 Å². The SMILES string of the molecule is [O-][NH+](O)c1ccc(C[NH+]2N=C(c3ccccc3)CC2c2ccccc2)cc1. The smallest absolute Gasteiger partial charge is 0.163 e. The topological polar surface area (TPSA) is 64.5 Å².